The van der Waals surface area contributed by atoms with Gasteiger partial charge in [-0.2, -0.15) is 0 Å². The van der Waals surface area contributed by atoms with Gasteiger partial charge in [-0.25, -0.2) is 4.79 Å². The van der Waals surface area contributed by atoms with Crippen molar-refractivity contribution in [3.05, 3.63) is 32.6 Å². The fourth-order valence-corrected chi connectivity index (χ4v) is 1.82. The molecular weight excluding hydrogens is 244 g/mol. The molecule has 19 heavy (non-hydrogen) atoms. The van der Waals surface area contributed by atoms with Gasteiger partial charge in [0.1, 0.15) is 0 Å². The van der Waals surface area contributed by atoms with Crippen LogP contribution in [0.5, 0.6) is 0 Å². The molecule has 0 bridgehead atoms. The molecule has 0 saturated carbocycles. The quantitative estimate of drug-likeness (QED) is 0.632. The van der Waals surface area contributed by atoms with Gasteiger partial charge < -0.3 is 10.2 Å². The summed E-state index contributed by atoms with van der Waals surface area (Å²) >= 11 is 0. The van der Waals surface area contributed by atoms with Gasteiger partial charge in [-0.05, 0) is 40.0 Å². The average Bonchev–Trinajstić information content (AvgIpc) is 2.35. The van der Waals surface area contributed by atoms with Gasteiger partial charge in [0, 0.05) is 24.8 Å². The van der Waals surface area contributed by atoms with Crippen LogP contribution < -0.4 is 16.6 Å². The monoisotopic (exact) mass is 268 g/mol. The summed E-state index contributed by atoms with van der Waals surface area (Å²) in [4.78, 5) is 27.5. The van der Waals surface area contributed by atoms with Crippen molar-refractivity contribution in [2.45, 2.75) is 26.3 Å². The van der Waals surface area contributed by atoms with Crippen LogP contribution in [0.25, 0.3) is 0 Å². The minimum Gasteiger partial charge on any atom is -0.315 e. The fraction of sp³-hybridized carbons (Fsp3) is 0.692. The van der Waals surface area contributed by atoms with Gasteiger partial charge in [-0.1, -0.05) is 6.92 Å². The highest BCUT2D eigenvalue weighted by Gasteiger charge is 2.02. The molecular formula is C13H24N4O2. The molecule has 1 aromatic rings. The largest absolute Gasteiger partial charge is 0.328 e. The topological polar surface area (TPSA) is 70.1 Å². The Bertz CT molecular complexity index is 490. The summed E-state index contributed by atoms with van der Waals surface area (Å²) in [5.41, 5.74) is 0.0344. The number of rotatable bonds is 8. The Kier molecular flexibility index (Phi) is 6.52. The zero-order valence-electron chi connectivity index (χ0n) is 12.0. The predicted octanol–water partition coefficient (Wildman–Crippen LogP) is -0.360. The van der Waals surface area contributed by atoms with Crippen molar-refractivity contribution < 1.29 is 0 Å². The van der Waals surface area contributed by atoms with E-state index in [2.05, 4.69) is 15.2 Å². The van der Waals surface area contributed by atoms with Gasteiger partial charge in [-0.3, -0.25) is 14.3 Å². The highest BCUT2D eigenvalue weighted by Crippen LogP contribution is 1.88. The fourth-order valence-electron chi connectivity index (χ4n) is 1.82. The van der Waals surface area contributed by atoms with Crippen molar-refractivity contribution >= 4 is 0 Å². The third-order valence-electron chi connectivity index (χ3n) is 2.95. The van der Waals surface area contributed by atoms with Crippen LogP contribution in [0.3, 0.4) is 0 Å². The Morgan fingerprint density at radius 1 is 1.32 bits per heavy atom. The molecule has 0 aromatic carbocycles. The average molecular weight is 268 g/mol. The second kappa shape index (κ2) is 7.91. The van der Waals surface area contributed by atoms with Gasteiger partial charge in [0.25, 0.3) is 5.56 Å². The SMILES string of the molecule is CCc1cn(CCNCCCN(C)C)c(=O)[nH]c1=O. The highest BCUT2D eigenvalue weighted by molar-refractivity contribution is 5.03. The molecule has 1 aromatic heterocycles. The first-order valence-corrected chi connectivity index (χ1v) is 6.72. The molecule has 0 amide bonds. The van der Waals surface area contributed by atoms with E-state index in [0.29, 0.717) is 18.5 Å². The van der Waals surface area contributed by atoms with Crippen LogP contribution in [0, 0.1) is 0 Å². The van der Waals surface area contributed by atoms with E-state index in [9.17, 15) is 9.59 Å². The smallest absolute Gasteiger partial charge is 0.315 e. The van der Waals surface area contributed by atoms with Crippen LogP contribution in [0.2, 0.25) is 0 Å². The lowest BCUT2D eigenvalue weighted by atomic mass is 10.2. The van der Waals surface area contributed by atoms with Crippen LogP contribution in [0.4, 0.5) is 0 Å². The summed E-state index contributed by atoms with van der Waals surface area (Å²) in [6.07, 6.45) is 3.36. The van der Waals surface area contributed by atoms with Gasteiger partial charge in [0.05, 0.1) is 0 Å². The predicted molar refractivity (Wildman–Crippen MR) is 76.7 cm³/mol. The molecule has 1 rings (SSSR count). The van der Waals surface area contributed by atoms with Crippen LogP contribution in [0.15, 0.2) is 15.8 Å². The van der Waals surface area contributed by atoms with Crippen molar-refractivity contribution in [2.24, 2.45) is 0 Å². The van der Waals surface area contributed by atoms with Gasteiger partial charge in [0.2, 0.25) is 0 Å². The standard InChI is InChI=1S/C13H24N4O2/c1-4-11-10-17(13(19)15-12(11)18)9-7-14-6-5-8-16(2)3/h10,14H,4-9H2,1-3H3,(H,15,18,19). The number of H-pyrrole nitrogens is 1. The van der Waals surface area contributed by atoms with Crippen molar-refractivity contribution in [2.75, 3.05) is 33.7 Å². The molecule has 0 unspecified atom stereocenters. The lowest BCUT2D eigenvalue weighted by molar-refractivity contribution is 0.393. The van der Waals surface area contributed by atoms with Crippen LogP contribution >= 0.6 is 0 Å². The number of hydrogen-bond donors (Lipinski definition) is 2. The van der Waals surface area contributed by atoms with Crippen molar-refractivity contribution in [3.63, 3.8) is 0 Å². The Morgan fingerprint density at radius 2 is 2.05 bits per heavy atom. The normalized spacial score (nSPS) is 11.2. The second-order valence-electron chi connectivity index (χ2n) is 4.87. The Hall–Kier alpha value is -1.40. The van der Waals surface area contributed by atoms with E-state index in [1.165, 1.54) is 0 Å². The zero-order chi connectivity index (χ0) is 14.3. The van der Waals surface area contributed by atoms with E-state index in [-0.39, 0.29) is 11.2 Å². The van der Waals surface area contributed by atoms with Crippen molar-refractivity contribution in [1.82, 2.24) is 19.8 Å². The van der Waals surface area contributed by atoms with Crippen molar-refractivity contribution in [1.29, 1.82) is 0 Å². The molecule has 108 valence electrons. The summed E-state index contributed by atoms with van der Waals surface area (Å²) in [6.45, 7) is 5.18. The second-order valence-corrected chi connectivity index (χ2v) is 4.87. The first kappa shape index (κ1) is 15.7. The molecule has 2 N–H and O–H groups in total. The molecule has 0 fully saturated rings. The maximum absolute atomic E-state index is 11.6. The first-order chi connectivity index (χ1) is 9.04. The van der Waals surface area contributed by atoms with E-state index in [4.69, 9.17) is 0 Å². The molecule has 0 atom stereocenters. The minimum atomic E-state index is -0.336. The number of aromatic amines is 1. The summed E-state index contributed by atoms with van der Waals surface area (Å²) < 4.78 is 1.55. The van der Waals surface area contributed by atoms with Gasteiger partial charge in [-0.15, -0.1) is 0 Å². The first-order valence-electron chi connectivity index (χ1n) is 6.72. The number of aromatic nitrogens is 2. The molecule has 0 aliphatic heterocycles. The summed E-state index contributed by atoms with van der Waals surface area (Å²) in [6, 6.07) is 0. The highest BCUT2D eigenvalue weighted by atomic mass is 16.2. The molecule has 1 heterocycles. The Balaban J connectivity index is 2.41. The van der Waals surface area contributed by atoms with E-state index in [1.54, 1.807) is 10.8 Å². The lowest BCUT2D eigenvalue weighted by Gasteiger charge is -2.10. The third kappa shape index (κ3) is 5.40. The van der Waals surface area contributed by atoms with Crippen LogP contribution in [-0.4, -0.2) is 48.2 Å². The number of hydrogen-bond acceptors (Lipinski definition) is 4. The van der Waals surface area contributed by atoms with Gasteiger partial charge >= 0.3 is 5.69 Å². The molecule has 0 aliphatic carbocycles. The molecule has 0 aliphatic rings. The van der Waals surface area contributed by atoms with E-state index >= 15 is 0 Å². The summed E-state index contributed by atoms with van der Waals surface area (Å²) in [7, 11) is 4.10. The Morgan fingerprint density at radius 3 is 2.68 bits per heavy atom. The maximum atomic E-state index is 11.6. The molecule has 6 nitrogen and oxygen atoms in total. The number of aryl methyl sites for hydroxylation is 1. The van der Waals surface area contributed by atoms with Crippen molar-refractivity contribution in [3.8, 4) is 0 Å². The molecule has 0 spiro atoms. The number of nitrogens with zero attached hydrogens (tertiary/aromatic N) is 2. The lowest BCUT2D eigenvalue weighted by Crippen LogP contribution is -2.34. The molecule has 0 saturated heterocycles. The Labute approximate surface area is 113 Å². The third-order valence-corrected chi connectivity index (χ3v) is 2.95. The number of nitrogens with one attached hydrogen (secondary N) is 2. The maximum Gasteiger partial charge on any atom is 0.328 e. The summed E-state index contributed by atoms with van der Waals surface area (Å²) in [5, 5.41) is 3.29. The minimum absolute atomic E-state index is 0.275. The zero-order valence-corrected chi connectivity index (χ0v) is 12.0. The van der Waals surface area contributed by atoms with E-state index in [0.717, 1.165) is 26.1 Å². The van der Waals surface area contributed by atoms with Crippen LogP contribution in [-0.2, 0) is 13.0 Å². The molecule has 0 radical (unpaired) electrons. The van der Waals surface area contributed by atoms with Crippen LogP contribution in [0.1, 0.15) is 18.9 Å². The van der Waals surface area contributed by atoms with Gasteiger partial charge in [0.15, 0.2) is 0 Å². The molecule has 6 heteroatoms. The van der Waals surface area contributed by atoms with E-state index in [1.807, 2.05) is 21.0 Å². The summed E-state index contributed by atoms with van der Waals surface area (Å²) in [5.74, 6) is 0. The van der Waals surface area contributed by atoms with E-state index < -0.39 is 0 Å².